The third kappa shape index (κ3) is 5.26. The zero-order chi connectivity index (χ0) is 32.6. The highest BCUT2D eigenvalue weighted by atomic mass is 127. The van der Waals surface area contributed by atoms with Gasteiger partial charge in [-0.25, -0.2) is 22.0 Å². The first-order chi connectivity index (χ1) is 22.6. The number of hydrogen-bond acceptors (Lipinski definition) is 9. The smallest absolute Gasteiger partial charge is 0.319 e. The number of nitrogen functional groups attached to an aromatic ring is 1. The van der Waals surface area contributed by atoms with Gasteiger partial charge in [0.05, 0.1) is 43.4 Å². The van der Waals surface area contributed by atoms with E-state index in [0.717, 1.165) is 30.7 Å². The highest BCUT2D eigenvalue weighted by Gasteiger charge is 2.49. The van der Waals surface area contributed by atoms with Crippen molar-refractivity contribution in [2.75, 3.05) is 50.1 Å². The van der Waals surface area contributed by atoms with Crippen molar-refractivity contribution in [2.24, 2.45) is 0 Å². The maximum absolute atomic E-state index is 17.1. The minimum atomic E-state index is -2.73. The first-order valence-electron chi connectivity index (χ1n) is 15.7. The van der Waals surface area contributed by atoms with Crippen LogP contribution >= 0.6 is 33.9 Å². The molecule has 2 aromatic carbocycles. The molecule has 47 heavy (non-hydrogen) atoms. The van der Waals surface area contributed by atoms with Crippen molar-refractivity contribution in [3.8, 4) is 22.9 Å². The summed E-state index contributed by atoms with van der Waals surface area (Å²) in [5.41, 5.74) is 5.85. The van der Waals surface area contributed by atoms with Gasteiger partial charge in [-0.05, 0) is 66.1 Å². The molecule has 4 aromatic rings. The number of thiophene rings is 1. The molecule has 3 fully saturated rings. The molecule has 2 aromatic heterocycles. The lowest BCUT2D eigenvalue weighted by Gasteiger charge is -2.34. The van der Waals surface area contributed by atoms with Gasteiger partial charge in [0.2, 0.25) is 0 Å². The second kappa shape index (κ2) is 12.0. The number of alkyl halides is 3. The summed E-state index contributed by atoms with van der Waals surface area (Å²) in [6.45, 7) is 1.14. The minimum absolute atomic E-state index is 0.0715. The summed E-state index contributed by atoms with van der Waals surface area (Å²) >= 11 is 3.06. The Labute approximate surface area is 284 Å². The van der Waals surface area contributed by atoms with Crippen LogP contribution in [0.4, 0.5) is 32.8 Å². The van der Waals surface area contributed by atoms with Crippen molar-refractivity contribution in [2.45, 2.75) is 62.4 Å². The molecule has 250 valence electrons. The van der Waals surface area contributed by atoms with Gasteiger partial charge in [0.15, 0.2) is 5.82 Å². The van der Waals surface area contributed by atoms with Gasteiger partial charge in [0, 0.05) is 36.9 Å². The summed E-state index contributed by atoms with van der Waals surface area (Å²) in [4.78, 5) is 12.8. The SMILES string of the molecule is Nc1cc2c(-c3c(I)c4c5c(nc(OC[C@@]67CCCN6C[C@H](F)C7)nc5c3F)N(CC(F)F)C3CCOCCC3O4)ccc(F)c2s1. The Morgan fingerprint density at radius 3 is 2.85 bits per heavy atom. The molecule has 2 unspecified atom stereocenters. The van der Waals surface area contributed by atoms with Crippen LogP contribution in [-0.4, -0.2) is 84.6 Å². The fraction of sp³-hybridized carbons (Fsp3) is 0.500. The molecular weight excluding hydrogens is 756 g/mol. The molecule has 6 heterocycles. The molecule has 8 nitrogen and oxygen atoms in total. The van der Waals surface area contributed by atoms with Crippen LogP contribution in [0.3, 0.4) is 0 Å². The molecule has 0 bridgehead atoms. The van der Waals surface area contributed by atoms with Crippen molar-refractivity contribution in [1.29, 1.82) is 0 Å². The Balaban J connectivity index is 1.35. The molecule has 4 aliphatic heterocycles. The van der Waals surface area contributed by atoms with Crippen LogP contribution in [0.25, 0.3) is 32.1 Å². The number of ether oxygens (including phenoxy) is 3. The van der Waals surface area contributed by atoms with Crippen LogP contribution in [-0.2, 0) is 4.74 Å². The Bertz CT molecular complexity index is 1880. The average Bonchev–Trinajstić information content (AvgIpc) is 3.61. The first-order valence-corrected chi connectivity index (χ1v) is 17.5. The van der Waals surface area contributed by atoms with Crippen LogP contribution in [0.1, 0.15) is 32.1 Å². The summed E-state index contributed by atoms with van der Waals surface area (Å²) in [5.74, 6) is -0.902. The van der Waals surface area contributed by atoms with Crippen molar-refractivity contribution in [3.63, 3.8) is 0 Å². The van der Waals surface area contributed by atoms with E-state index in [-0.39, 0.29) is 45.4 Å². The van der Waals surface area contributed by atoms with Gasteiger partial charge in [0.1, 0.15) is 41.8 Å². The molecule has 0 spiro atoms. The summed E-state index contributed by atoms with van der Waals surface area (Å²) in [5, 5.41) is 0.952. The van der Waals surface area contributed by atoms with E-state index < -0.39 is 48.5 Å². The minimum Gasteiger partial charge on any atom is -0.486 e. The summed E-state index contributed by atoms with van der Waals surface area (Å²) < 4.78 is 94.3. The maximum atomic E-state index is 17.1. The molecule has 0 aliphatic carbocycles. The van der Waals surface area contributed by atoms with Crippen LogP contribution in [0.15, 0.2) is 18.2 Å². The Hall–Kier alpha value is -2.76. The highest BCUT2D eigenvalue weighted by Crippen LogP contribution is 2.50. The molecule has 8 rings (SSSR count). The molecular formula is C32H31F5IN5O3S. The van der Waals surface area contributed by atoms with Gasteiger partial charge in [-0.1, -0.05) is 6.07 Å². The van der Waals surface area contributed by atoms with Gasteiger partial charge in [-0.15, -0.1) is 11.3 Å². The Morgan fingerprint density at radius 1 is 1.19 bits per heavy atom. The number of benzene rings is 2. The molecule has 0 saturated carbocycles. The fourth-order valence-corrected chi connectivity index (χ4v) is 9.67. The van der Waals surface area contributed by atoms with E-state index in [9.17, 15) is 17.6 Å². The number of nitrogens with two attached hydrogens (primary N) is 1. The first kappa shape index (κ1) is 31.5. The average molecular weight is 788 g/mol. The molecule has 3 saturated heterocycles. The highest BCUT2D eigenvalue weighted by molar-refractivity contribution is 14.1. The largest absolute Gasteiger partial charge is 0.486 e. The van der Waals surface area contributed by atoms with Gasteiger partial charge in [-0.3, -0.25) is 4.90 Å². The van der Waals surface area contributed by atoms with Crippen LogP contribution < -0.4 is 20.1 Å². The summed E-state index contributed by atoms with van der Waals surface area (Å²) in [6, 6.07) is 3.60. The van der Waals surface area contributed by atoms with Crippen LogP contribution in [0, 0.1) is 15.2 Å². The lowest BCUT2D eigenvalue weighted by Crippen LogP contribution is -2.47. The lowest BCUT2D eigenvalue weighted by molar-refractivity contribution is 0.107. The maximum Gasteiger partial charge on any atom is 0.319 e. The third-order valence-electron chi connectivity index (χ3n) is 9.91. The second-order valence-corrected chi connectivity index (χ2v) is 14.9. The van der Waals surface area contributed by atoms with Gasteiger partial charge >= 0.3 is 6.01 Å². The van der Waals surface area contributed by atoms with E-state index in [1.54, 1.807) is 6.07 Å². The quantitative estimate of drug-likeness (QED) is 0.166. The summed E-state index contributed by atoms with van der Waals surface area (Å²) in [7, 11) is 0. The van der Waals surface area contributed by atoms with Gasteiger partial charge < -0.3 is 24.8 Å². The molecule has 4 atom stereocenters. The van der Waals surface area contributed by atoms with E-state index in [4.69, 9.17) is 19.9 Å². The number of anilines is 2. The molecule has 4 aliphatic rings. The van der Waals surface area contributed by atoms with E-state index in [2.05, 4.69) is 14.9 Å². The number of halogens is 6. The third-order valence-corrected chi connectivity index (χ3v) is 11.9. The lowest BCUT2D eigenvalue weighted by atomic mass is 9.95. The number of hydrogen-bond donors (Lipinski definition) is 1. The van der Waals surface area contributed by atoms with Crippen molar-refractivity contribution in [3.05, 3.63) is 33.4 Å². The number of nitrogens with zero attached hydrogens (tertiary/aromatic N) is 4. The van der Waals surface area contributed by atoms with Gasteiger partial charge in [0.25, 0.3) is 6.43 Å². The molecule has 15 heteroatoms. The van der Waals surface area contributed by atoms with Crippen molar-refractivity contribution < 1.29 is 36.2 Å². The van der Waals surface area contributed by atoms with Crippen LogP contribution in [0.2, 0.25) is 0 Å². The zero-order valence-corrected chi connectivity index (χ0v) is 28.1. The van der Waals surface area contributed by atoms with Crippen molar-refractivity contribution in [1.82, 2.24) is 14.9 Å². The number of aromatic nitrogens is 2. The topological polar surface area (TPSA) is 86.0 Å². The van der Waals surface area contributed by atoms with E-state index in [0.29, 0.717) is 58.5 Å². The van der Waals surface area contributed by atoms with Crippen molar-refractivity contribution >= 4 is 65.7 Å². The Kier molecular flexibility index (Phi) is 8.03. The second-order valence-electron chi connectivity index (χ2n) is 12.7. The molecule has 2 N–H and O–H groups in total. The molecule has 0 radical (unpaired) electrons. The van der Waals surface area contributed by atoms with E-state index in [1.807, 2.05) is 22.6 Å². The van der Waals surface area contributed by atoms with Crippen LogP contribution in [0.5, 0.6) is 11.8 Å². The Morgan fingerprint density at radius 2 is 2.02 bits per heavy atom. The van der Waals surface area contributed by atoms with Gasteiger partial charge in [-0.2, -0.15) is 9.97 Å². The molecule has 0 amide bonds. The number of rotatable bonds is 6. The fourth-order valence-electron chi connectivity index (χ4n) is 7.89. The predicted octanol–water partition coefficient (Wildman–Crippen LogP) is 6.94. The zero-order valence-electron chi connectivity index (χ0n) is 25.1. The number of fused-ring (bicyclic) bond motifs is 3. The summed E-state index contributed by atoms with van der Waals surface area (Å²) in [6.07, 6.45) is -1.60. The normalized spacial score (nSPS) is 26.0. The van der Waals surface area contributed by atoms with E-state index >= 15 is 4.39 Å². The predicted molar refractivity (Wildman–Crippen MR) is 178 cm³/mol. The monoisotopic (exact) mass is 787 g/mol. The standard InChI is InChI=1S/C32H31F5IN5O3S/c33-15-11-32(6-1-7-42(32)12-15)14-45-31-40-27-24-28(46-20-5-9-44-8-4-19(20)43(13-21(35)36)30(24)41-31)26(38)23(25(27)37)16-2-3-18(34)29-17(16)10-22(39)47-29/h2-3,10,15,19-21H,1,4-9,11-14,39H2/t15-,19?,20?,32+/m1/s1. The van der Waals surface area contributed by atoms with E-state index in [1.165, 1.54) is 17.0 Å².